The number of hydrogen-bond donors (Lipinski definition) is 0. The molecule has 0 heterocycles. The van der Waals surface area contributed by atoms with Crippen LogP contribution in [0.3, 0.4) is 0 Å². The number of alkyl halides is 3. The molecule has 0 spiro atoms. The molecule has 0 aromatic rings. The van der Waals surface area contributed by atoms with Gasteiger partial charge in [0, 0.05) is 5.33 Å². The molecule has 0 N–H and O–H groups in total. The topological polar surface area (TPSA) is 0 Å². The fraction of sp³-hybridized carbons (Fsp3) is 1.00. The predicted molar refractivity (Wildman–Crippen MR) is 46.1 cm³/mol. The highest BCUT2D eigenvalue weighted by Crippen LogP contribution is 2.11. The SMILES string of the molecule is FC(Br)CCCCCBr. The molecule has 0 bridgehead atoms. The van der Waals surface area contributed by atoms with Crippen LogP contribution in [0.2, 0.25) is 0 Å². The zero-order valence-corrected chi connectivity index (χ0v) is 8.42. The third kappa shape index (κ3) is 8.89. The molecule has 0 radical (unpaired) electrons. The molecule has 1 atom stereocenters. The van der Waals surface area contributed by atoms with E-state index in [2.05, 4.69) is 31.9 Å². The Morgan fingerprint density at radius 3 is 2.33 bits per heavy atom. The summed E-state index contributed by atoms with van der Waals surface area (Å²) < 4.78 is 12.0. The van der Waals surface area contributed by atoms with Crippen molar-refractivity contribution in [2.75, 3.05) is 5.33 Å². The molecule has 9 heavy (non-hydrogen) atoms. The zero-order chi connectivity index (χ0) is 7.11. The van der Waals surface area contributed by atoms with Crippen LogP contribution in [0.1, 0.15) is 25.7 Å². The van der Waals surface area contributed by atoms with E-state index < -0.39 is 5.08 Å². The van der Waals surface area contributed by atoms with Crippen molar-refractivity contribution in [1.29, 1.82) is 0 Å². The maximum absolute atomic E-state index is 12.0. The van der Waals surface area contributed by atoms with E-state index in [0.717, 1.165) is 24.6 Å². The molecule has 0 aliphatic heterocycles. The lowest BCUT2D eigenvalue weighted by molar-refractivity contribution is 0.423. The van der Waals surface area contributed by atoms with Crippen molar-refractivity contribution >= 4 is 31.9 Å². The van der Waals surface area contributed by atoms with E-state index >= 15 is 0 Å². The van der Waals surface area contributed by atoms with Gasteiger partial charge in [-0.05, 0) is 19.3 Å². The van der Waals surface area contributed by atoms with Gasteiger partial charge in [-0.1, -0.05) is 38.3 Å². The van der Waals surface area contributed by atoms with Crippen molar-refractivity contribution in [1.82, 2.24) is 0 Å². The van der Waals surface area contributed by atoms with E-state index in [9.17, 15) is 4.39 Å². The molecule has 0 saturated carbocycles. The number of halogens is 3. The minimum atomic E-state index is -0.798. The van der Waals surface area contributed by atoms with Crippen LogP contribution in [0.25, 0.3) is 0 Å². The minimum Gasteiger partial charge on any atom is -0.235 e. The quantitative estimate of drug-likeness (QED) is 0.524. The predicted octanol–water partition coefficient (Wildman–Crippen LogP) is 3.63. The van der Waals surface area contributed by atoms with Gasteiger partial charge in [-0.3, -0.25) is 0 Å². The normalized spacial score (nSPS) is 13.7. The molecular weight excluding hydrogens is 251 g/mol. The first-order valence-corrected chi connectivity index (χ1v) is 5.15. The van der Waals surface area contributed by atoms with Gasteiger partial charge in [-0.15, -0.1) is 0 Å². The summed E-state index contributed by atoms with van der Waals surface area (Å²) in [5.74, 6) is 0. The van der Waals surface area contributed by atoms with Crippen molar-refractivity contribution in [3.05, 3.63) is 0 Å². The van der Waals surface area contributed by atoms with E-state index in [1.54, 1.807) is 0 Å². The van der Waals surface area contributed by atoms with Crippen LogP contribution < -0.4 is 0 Å². The third-order valence-corrected chi connectivity index (χ3v) is 2.07. The van der Waals surface area contributed by atoms with Crippen LogP contribution in [0.4, 0.5) is 4.39 Å². The fourth-order valence-electron chi connectivity index (χ4n) is 0.570. The number of hydrogen-bond acceptors (Lipinski definition) is 0. The third-order valence-electron chi connectivity index (χ3n) is 1.06. The number of unbranched alkanes of at least 4 members (excludes halogenated alkanes) is 2. The Labute approximate surface area is 72.5 Å². The van der Waals surface area contributed by atoms with E-state index in [4.69, 9.17) is 0 Å². The van der Waals surface area contributed by atoms with Gasteiger partial charge in [-0.2, -0.15) is 0 Å². The minimum absolute atomic E-state index is 0.646. The van der Waals surface area contributed by atoms with E-state index in [1.807, 2.05) is 0 Å². The van der Waals surface area contributed by atoms with Crippen LogP contribution in [0, 0.1) is 0 Å². The van der Waals surface area contributed by atoms with Gasteiger partial charge in [0.05, 0.1) is 0 Å². The van der Waals surface area contributed by atoms with Gasteiger partial charge in [-0.25, -0.2) is 4.39 Å². The van der Waals surface area contributed by atoms with Crippen LogP contribution in [-0.4, -0.2) is 10.4 Å². The second kappa shape index (κ2) is 7.00. The summed E-state index contributed by atoms with van der Waals surface area (Å²) in [4.78, 5) is 0. The average Bonchev–Trinajstić information content (AvgIpc) is 1.80. The Morgan fingerprint density at radius 1 is 1.22 bits per heavy atom. The molecule has 1 unspecified atom stereocenters. The van der Waals surface area contributed by atoms with Gasteiger partial charge < -0.3 is 0 Å². The Kier molecular flexibility index (Phi) is 7.69. The summed E-state index contributed by atoms with van der Waals surface area (Å²) in [6.45, 7) is 0. The Bertz CT molecular complexity index is 57.0. The van der Waals surface area contributed by atoms with Crippen LogP contribution in [-0.2, 0) is 0 Å². The largest absolute Gasteiger partial charge is 0.235 e. The lowest BCUT2D eigenvalue weighted by atomic mass is 10.2. The van der Waals surface area contributed by atoms with Crippen LogP contribution in [0.5, 0.6) is 0 Å². The highest BCUT2D eigenvalue weighted by atomic mass is 79.9. The molecule has 0 rings (SSSR count). The Morgan fingerprint density at radius 2 is 1.89 bits per heavy atom. The van der Waals surface area contributed by atoms with Crippen LogP contribution >= 0.6 is 31.9 Å². The van der Waals surface area contributed by atoms with E-state index in [0.29, 0.717) is 6.42 Å². The van der Waals surface area contributed by atoms with Crippen molar-refractivity contribution in [3.8, 4) is 0 Å². The fourth-order valence-corrected chi connectivity index (χ4v) is 1.29. The van der Waals surface area contributed by atoms with Crippen molar-refractivity contribution < 1.29 is 4.39 Å². The highest BCUT2D eigenvalue weighted by molar-refractivity contribution is 9.09. The molecule has 0 fully saturated rings. The van der Waals surface area contributed by atoms with Crippen LogP contribution in [0.15, 0.2) is 0 Å². The summed E-state index contributed by atoms with van der Waals surface area (Å²) in [5, 5.41) is 0.236. The molecule has 0 saturated heterocycles. The molecule has 0 aliphatic carbocycles. The zero-order valence-electron chi connectivity index (χ0n) is 5.25. The molecule has 0 aromatic carbocycles. The van der Waals surface area contributed by atoms with Crippen molar-refractivity contribution in [3.63, 3.8) is 0 Å². The first-order valence-electron chi connectivity index (χ1n) is 3.11. The summed E-state index contributed by atoms with van der Waals surface area (Å²) >= 11 is 6.16. The summed E-state index contributed by atoms with van der Waals surface area (Å²) in [6.07, 6.45) is 3.90. The monoisotopic (exact) mass is 260 g/mol. The molecule has 0 nitrogen and oxygen atoms in total. The maximum atomic E-state index is 12.0. The Hall–Kier alpha value is 0.890. The summed E-state index contributed by atoms with van der Waals surface area (Å²) in [6, 6.07) is 0. The Balaban J connectivity index is 2.75. The van der Waals surface area contributed by atoms with Gasteiger partial charge >= 0.3 is 0 Å². The summed E-state index contributed by atoms with van der Waals surface area (Å²) in [7, 11) is 0. The van der Waals surface area contributed by atoms with E-state index in [1.165, 1.54) is 0 Å². The first kappa shape index (κ1) is 9.89. The maximum Gasteiger partial charge on any atom is 0.154 e. The molecular formula is C6H11Br2F. The lowest BCUT2D eigenvalue weighted by Gasteiger charge is -1.97. The van der Waals surface area contributed by atoms with Gasteiger partial charge in [0.1, 0.15) is 0 Å². The smallest absolute Gasteiger partial charge is 0.154 e. The summed E-state index contributed by atoms with van der Waals surface area (Å²) in [5.41, 5.74) is 0. The average molecular weight is 262 g/mol. The van der Waals surface area contributed by atoms with Gasteiger partial charge in [0.25, 0.3) is 0 Å². The molecule has 56 valence electrons. The van der Waals surface area contributed by atoms with Crippen molar-refractivity contribution in [2.24, 2.45) is 0 Å². The standard InChI is InChI=1S/C6H11Br2F/c7-5-3-1-2-4-6(8)9/h6H,1-5H2. The molecule has 3 heteroatoms. The molecule has 0 amide bonds. The molecule has 0 aliphatic rings. The van der Waals surface area contributed by atoms with Gasteiger partial charge in [0.15, 0.2) is 5.08 Å². The second-order valence-electron chi connectivity index (χ2n) is 1.93. The number of rotatable bonds is 5. The van der Waals surface area contributed by atoms with Crippen molar-refractivity contribution in [2.45, 2.75) is 30.8 Å². The lowest BCUT2D eigenvalue weighted by Crippen LogP contribution is -1.87. The van der Waals surface area contributed by atoms with Gasteiger partial charge in [0.2, 0.25) is 0 Å². The highest BCUT2D eigenvalue weighted by Gasteiger charge is 1.97. The molecule has 0 aromatic heterocycles. The van der Waals surface area contributed by atoms with E-state index in [-0.39, 0.29) is 0 Å². The first-order chi connectivity index (χ1) is 4.27. The second-order valence-corrected chi connectivity index (χ2v) is 3.72.